The van der Waals surface area contributed by atoms with Gasteiger partial charge in [-0.3, -0.25) is 4.79 Å². The van der Waals surface area contributed by atoms with E-state index in [1.54, 1.807) is 17.4 Å². The van der Waals surface area contributed by atoms with Crippen LogP contribution in [0, 0.1) is 0 Å². The lowest BCUT2D eigenvalue weighted by Gasteiger charge is -2.29. The maximum Gasteiger partial charge on any atom is 0.190 e. The molecule has 3 nitrogen and oxygen atoms in total. The summed E-state index contributed by atoms with van der Waals surface area (Å²) in [5, 5.41) is 2.90. The second-order valence-corrected chi connectivity index (χ2v) is 6.29. The molecule has 1 saturated heterocycles. The average molecular weight is 352 g/mol. The number of ether oxygens (including phenoxy) is 1. The van der Waals surface area contributed by atoms with E-state index in [2.05, 4.69) is 20.8 Å². The van der Waals surface area contributed by atoms with Gasteiger partial charge >= 0.3 is 0 Å². The van der Waals surface area contributed by atoms with Gasteiger partial charge < -0.3 is 9.64 Å². The van der Waals surface area contributed by atoms with Gasteiger partial charge in [-0.2, -0.15) is 0 Å². The number of halogens is 1. The molecule has 0 bridgehead atoms. The Bertz CT molecular complexity index is 665. The van der Waals surface area contributed by atoms with E-state index in [0.29, 0.717) is 13.2 Å². The molecule has 2 aromatic rings. The topological polar surface area (TPSA) is 29.5 Å². The summed E-state index contributed by atoms with van der Waals surface area (Å²) in [6, 6.07) is 9.51. The summed E-state index contributed by atoms with van der Waals surface area (Å²) in [6.07, 6.45) is 0. The van der Waals surface area contributed by atoms with E-state index in [-0.39, 0.29) is 5.43 Å². The Labute approximate surface area is 129 Å². The van der Waals surface area contributed by atoms with Crippen LogP contribution in [0.25, 0.3) is 11.1 Å². The lowest BCUT2D eigenvalue weighted by molar-refractivity contribution is 0.123. The number of anilines is 1. The largest absolute Gasteiger partial charge is 0.378 e. The Morgan fingerprint density at radius 1 is 1.15 bits per heavy atom. The van der Waals surface area contributed by atoms with Crippen molar-refractivity contribution in [2.45, 2.75) is 0 Å². The summed E-state index contributed by atoms with van der Waals surface area (Å²) in [4.78, 5) is 14.6. The molecule has 0 spiro atoms. The molecule has 5 heteroatoms. The minimum atomic E-state index is 0.0668. The Hall–Kier alpha value is -1.17. The molecule has 0 aliphatic carbocycles. The highest BCUT2D eigenvalue weighted by Crippen LogP contribution is 2.35. The first kappa shape index (κ1) is 13.8. The van der Waals surface area contributed by atoms with Crippen LogP contribution < -0.4 is 10.3 Å². The van der Waals surface area contributed by atoms with Crippen molar-refractivity contribution in [1.29, 1.82) is 0 Å². The number of benzene rings is 1. The van der Waals surface area contributed by atoms with Gasteiger partial charge in [0.05, 0.1) is 18.8 Å². The average Bonchev–Trinajstić information content (AvgIpc) is 2.49. The summed E-state index contributed by atoms with van der Waals surface area (Å²) in [7, 11) is 0. The molecule has 0 atom stereocenters. The van der Waals surface area contributed by atoms with Gasteiger partial charge in [0.2, 0.25) is 0 Å². The third-order valence-corrected chi connectivity index (χ3v) is 4.95. The molecule has 1 aliphatic rings. The molecule has 3 rings (SSSR count). The first-order valence-electron chi connectivity index (χ1n) is 6.47. The minimum Gasteiger partial charge on any atom is -0.378 e. The number of hydrogen-bond donors (Lipinski definition) is 0. The predicted molar refractivity (Wildman–Crippen MR) is 86.8 cm³/mol. The van der Waals surface area contributed by atoms with E-state index in [9.17, 15) is 4.79 Å². The van der Waals surface area contributed by atoms with Crippen molar-refractivity contribution in [3.05, 3.63) is 50.4 Å². The van der Waals surface area contributed by atoms with E-state index < -0.39 is 0 Å². The van der Waals surface area contributed by atoms with Crippen LogP contribution in [0.5, 0.6) is 0 Å². The third-order valence-electron chi connectivity index (χ3n) is 3.30. The fourth-order valence-corrected chi connectivity index (χ4v) is 3.78. The monoisotopic (exact) mass is 351 g/mol. The lowest BCUT2D eigenvalue weighted by Crippen LogP contribution is -2.36. The fraction of sp³-hybridized carbons (Fsp3) is 0.267. The summed E-state index contributed by atoms with van der Waals surface area (Å²) in [6.45, 7) is 3.09. The summed E-state index contributed by atoms with van der Waals surface area (Å²) >= 11 is 5.16. The molecule has 0 radical (unpaired) electrons. The van der Waals surface area contributed by atoms with Gasteiger partial charge in [0.1, 0.15) is 5.00 Å². The first-order valence-corrected chi connectivity index (χ1v) is 8.14. The third kappa shape index (κ3) is 2.66. The predicted octanol–water partition coefficient (Wildman–Crippen LogP) is 3.37. The Balaban J connectivity index is 2.14. The van der Waals surface area contributed by atoms with Crippen molar-refractivity contribution < 1.29 is 4.74 Å². The zero-order chi connectivity index (χ0) is 13.9. The zero-order valence-corrected chi connectivity index (χ0v) is 13.2. The van der Waals surface area contributed by atoms with E-state index >= 15 is 0 Å². The van der Waals surface area contributed by atoms with E-state index in [1.807, 2.05) is 29.6 Å². The van der Waals surface area contributed by atoms with Gasteiger partial charge in [0.15, 0.2) is 5.43 Å². The van der Waals surface area contributed by atoms with Crippen LogP contribution in [0.3, 0.4) is 0 Å². The maximum absolute atomic E-state index is 12.4. The molecule has 1 aliphatic heterocycles. The van der Waals surface area contributed by atoms with Gasteiger partial charge in [-0.1, -0.05) is 34.1 Å². The number of morpholine rings is 1. The molecule has 0 amide bonds. The van der Waals surface area contributed by atoms with Gasteiger partial charge in [0, 0.05) is 23.1 Å². The van der Waals surface area contributed by atoms with Crippen LogP contribution in [-0.4, -0.2) is 26.3 Å². The van der Waals surface area contributed by atoms with Crippen LogP contribution in [-0.2, 0) is 4.74 Å². The van der Waals surface area contributed by atoms with E-state index in [1.165, 1.54) is 0 Å². The molecule has 104 valence electrons. The van der Waals surface area contributed by atoms with Crippen LogP contribution in [0.15, 0.2) is 45.0 Å². The van der Waals surface area contributed by atoms with Crippen LogP contribution in [0.2, 0.25) is 0 Å². The first-order chi connectivity index (χ1) is 9.77. The fourth-order valence-electron chi connectivity index (χ4n) is 2.32. The molecule has 2 heterocycles. The number of rotatable bonds is 2. The van der Waals surface area contributed by atoms with Crippen LogP contribution in [0.4, 0.5) is 5.00 Å². The highest BCUT2D eigenvalue weighted by molar-refractivity contribution is 9.10. The SMILES string of the molecule is O=c1ccsc(N2CCOCC2)c1-c1ccccc1Br. The normalized spacial score (nSPS) is 15.3. The van der Waals surface area contributed by atoms with Crippen LogP contribution in [0.1, 0.15) is 0 Å². The minimum absolute atomic E-state index is 0.0668. The standard InChI is InChI=1S/C15H14BrNO2S/c16-12-4-2-1-3-11(12)14-13(18)5-10-20-15(14)17-6-8-19-9-7-17/h1-5,10H,6-9H2. The van der Waals surface area contributed by atoms with E-state index in [4.69, 9.17) is 4.74 Å². The maximum atomic E-state index is 12.4. The van der Waals surface area contributed by atoms with Crippen LogP contribution >= 0.6 is 27.3 Å². The highest BCUT2D eigenvalue weighted by atomic mass is 79.9. The van der Waals surface area contributed by atoms with Crippen molar-refractivity contribution in [3.8, 4) is 11.1 Å². The van der Waals surface area contributed by atoms with Crippen molar-refractivity contribution in [2.24, 2.45) is 0 Å². The molecule has 1 fully saturated rings. The van der Waals surface area contributed by atoms with Gasteiger partial charge in [0.25, 0.3) is 0 Å². The molecule has 0 N–H and O–H groups in total. The number of nitrogens with zero attached hydrogens (tertiary/aromatic N) is 1. The van der Waals surface area contributed by atoms with Crippen molar-refractivity contribution in [3.63, 3.8) is 0 Å². The highest BCUT2D eigenvalue weighted by Gasteiger charge is 2.19. The van der Waals surface area contributed by atoms with Gasteiger partial charge in [-0.15, -0.1) is 11.3 Å². The quantitative estimate of drug-likeness (QED) is 0.830. The molecule has 0 unspecified atom stereocenters. The summed E-state index contributed by atoms with van der Waals surface area (Å²) < 4.78 is 6.35. The van der Waals surface area contributed by atoms with Crippen molar-refractivity contribution >= 4 is 32.3 Å². The van der Waals surface area contributed by atoms with Crippen molar-refractivity contribution in [2.75, 3.05) is 31.2 Å². The zero-order valence-electron chi connectivity index (χ0n) is 10.8. The molecular formula is C15H14BrNO2S. The second-order valence-electron chi connectivity index (χ2n) is 4.54. The van der Waals surface area contributed by atoms with Gasteiger partial charge in [-0.25, -0.2) is 0 Å². The molecule has 20 heavy (non-hydrogen) atoms. The van der Waals surface area contributed by atoms with E-state index in [0.717, 1.165) is 33.7 Å². The molecular weight excluding hydrogens is 338 g/mol. The Morgan fingerprint density at radius 3 is 2.65 bits per heavy atom. The van der Waals surface area contributed by atoms with Gasteiger partial charge in [-0.05, 0) is 17.5 Å². The Morgan fingerprint density at radius 2 is 1.90 bits per heavy atom. The molecule has 1 aromatic carbocycles. The molecule has 1 aromatic heterocycles. The number of hydrogen-bond acceptors (Lipinski definition) is 4. The Kier molecular flexibility index (Phi) is 4.19. The van der Waals surface area contributed by atoms with Crippen molar-refractivity contribution in [1.82, 2.24) is 0 Å². The summed E-state index contributed by atoms with van der Waals surface area (Å²) in [5.74, 6) is 0. The lowest BCUT2D eigenvalue weighted by atomic mass is 10.1. The smallest absolute Gasteiger partial charge is 0.190 e. The molecule has 0 saturated carbocycles. The summed E-state index contributed by atoms with van der Waals surface area (Å²) in [5.41, 5.74) is 1.81. The second kappa shape index (κ2) is 6.08.